The van der Waals surface area contributed by atoms with Gasteiger partial charge in [0, 0.05) is 12.6 Å². The summed E-state index contributed by atoms with van der Waals surface area (Å²) in [5.74, 6) is 0.595. The van der Waals surface area contributed by atoms with Gasteiger partial charge in [0.1, 0.15) is 17.3 Å². The summed E-state index contributed by atoms with van der Waals surface area (Å²) in [5, 5.41) is 18.2. The van der Waals surface area contributed by atoms with Crippen LogP contribution in [-0.2, 0) is 6.61 Å². The molecule has 0 atom stereocenters. The highest BCUT2D eigenvalue weighted by Gasteiger charge is 2.17. The van der Waals surface area contributed by atoms with Gasteiger partial charge in [0.05, 0.1) is 24.7 Å². The van der Waals surface area contributed by atoms with Crippen LogP contribution in [-0.4, -0.2) is 27.7 Å². The van der Waals surface area contributed by atoms with Gasteiger partial charge in [-0.2, -0.15) is 5.26 Å². The Morgan fingerprint density at radius 1 is 1.53 bits per heavy atom. The van der Waals surface area contributed by atoms with Crippen LogP contribution >= 0.6 is 11.6 Å². The Morgan fingerprint density at radius 2 is 2.24 bits per heavy atom. The monoisotopic (exact) mass is 254 g/mol. The van der Waals surface area contributed by atoms with E-state index in [1.54, 1.807) is 0 Å². The minimum Gasteiger partial charge on any atom is -0.391 e. The molecule has 5 nitrogen and oxygen atoms in total. The Bertz CT molecular complexity index is 416. The molecule has 1 rings (SSSR count). The molecule has 0 bridgehead atoms. The fraction of sp³-hybridized carbons (Fsp3) is 0.545. The molecule has 1 aromatic rings. The van der Waals surface area contributed by atoms with E-state index in [1.165, 1.54) is 6.33 Å². The van der Waals surface area contributed by atoms with Crippen LogP contribution in [0, 0.1) is 11.3 Å². The normalized spacial score (nSPS) is 10.4. The van der Waals surface area contributed by atoms with Crippen LogP contribution in [0.3, 0.4) is 0 Å². The van der Waals surface area contributed by atoms with E-state index in [0.717, 1.165) is 0 Å². The molecule has 0 amide bonds. The summed E-state index contributed by atoms with van der Waals surface area (Å²) >= 11 is 5.91. The van der Waals surface area contributed by atoms with Crippen molar-refractivity contribution < 1.29 is 5.11 Å². The van der Waals surface area contributed by atoms with Gasteiger partial charge in [-0.25, -0.2) is 9.97 Å². The van der Waals surface area contributed by atoms with Crippen LogP contribution in [0.4, 0.5) is 5.82 Å². The Morgan fingerprint density at radius 3 is 2.76 bits per heavy atom. The van der Waals surface area contributed by atoms with Gasteiger partial charge in [-0.05, 0) is 13.8 Å². The van der Waals surface area contributed by atoms with Crippen LogP contribution in [0.25, 0.3) is 0 Å². The van der Waals surface area contributed by atoms with E-state index in [4.69, 9.17) is 16.9 Å². The number of nitriles is 1. The molecular weight excluding hydrogens is 240 g/mol. The molecule has 0 saturated heterocycles. The summed E-state index contributed by atoms with van der Waals surface area (Å²) < 4.78 is 0. The lowest BCUT2D eigenvalue weighted by Crippen LogP contribution is -2.33. The highest BCUT2D eigenvalue weighted by Crippen LogP contribution is 2.24. The topological polar surface area (TPSA) is 73.0 Å². The van der Waals surface area contributed by atoms with Crippen molar-refractivity contribution in [1.82, 2.24) is 9.97 Å². The van der Waals surface area contributed by atoms with Gasteiger partial charge >= 0.3 is 0 Å². The molecule has 0 aliphatic heterocycles. The molecule has 92 valence electrons. The van der Waals surface area contributed by atoms with Crippen molar-refractivity contribution in [2.24, 2.45) is 0 Å². The molecular formula is C11H15ClN4O. The van der Waals surface area contributed by atoms with Gasteiger partial charge in [0.25, 0.3) is 0 Å². The van der Waals surface area contributed by atoms with Crippen LogP contribution in [0.1, 0.15) is 25.8 Å². The van der Waals surface area contributed by atoms with E-state index < -0.39 is 0 Å². The fourth-order valence-electron chi connectivity index (χ4n) is 1.54. The molecule has 1 aromatic heterocycles. The predicted molar refractivity (Wildman–Crippen MR) is 65.7 cm³/mol. The number of aromatic nitrogens is 2. The van der Waals surface area contributed by atoms with E-state index in [9.17, 15) is 5.11 Å². The van der Waals surface area contributed by atoms with E-state index >= 15 is 0 Å². The second kappa shape index (κ2) is 6.38. The first kappa shape index (κ1) is 13.7. The van der Waals surface area contributed by atoms with Gasteiger partial charge in [-0.15, -0.1) is 0 Å². The Kier molecular flexibility index (Phi) is 5.13. The van der Waals surface area contributed by atoms with Gasteiger partial charge in [-0.3, -0.25) is 0 Å². The number of hydrogen-bond donors (Lipinski definition) is 1. The summed E-state index contributed by atoms with van der Waals surface area (Å²) in [7, 11) is 0. The van der Waals surface area contributed by atoms with E-state index in [-0.39, 0.29) is 17.8 Å². The third kappa shape index (κ3) is 3.29. The average molecular weight is 255 g/mol. The number of aliphatic hydroxyl groups excluding tert-OH is 1. The quantitative estimate of drug-likeness (QED) is 0.811. The predicted octanol–water partition coefficient (Wildman–Crippen LogP) is 1.75. The summed E-state index contributed by atoms with van der Waals surface area (Å²) in [6.45, 7) is 4.32. The zero-order valence-electron chi connectivity index (χ0n) is 9.89. The van der Waals surface area contributed by atoms with E-state index in [0.29, 0.717) is 24.3 Å². The third-order valence-electron chi connectivity index (χ3n) is 2.39. The van der Waals surface area contributed by atoms with Crippen molar-refractivity contribution in [3.63, 3.8) is 0 Å². The van der Waals surface area contributed by atoms with Crippen LogP contribution < -0.4 is 4.90 Å². The van der Waals surface area contributed by atoms with E-state index in [1.807, 2.05) is 18.7 Å². The average Bonchev–Trinajstić information content (AvgIpc) is 2.29. The number of rotatable bonds is 5. The van der Waals surface area contributed by atoms with Crippen molar-refractivity contribution >= 4 is 17.4 Å². The summed E-state index contributed by atoms with van der Waals surface area (Å²) in [6.07, 6.45) is 1.75. The maximum Gasteiger partial charge on any atom is 0.140 e. The molecule has 1 heterocycles. The van der Waals surface area contributed by atoms with Crippen LogP contribution in [0.2, 0.25) is 5.15 Å². The molecule has 0 unspecified atom stereocenters. The number of aliphatic hydroxyl groups is 1. The molecule has 0 aromatic carbocycles. The molecule has 0 aliphatic rings. The second-order valence-electron chi connectivity index (χ2n) is 3.82. The highest BCUT2D eigenvalue weighted by atomic mass is 35.5. The van der Waals surface area contributed by atoms with Gasteiger partial charge < -0.3 is 10.0 Å². The highest BCUT2D eigenvalue weighted by molar-refractivity contribution is 6.30. The Hall–Kier alpha value is -1.38. The maximum atomic E-state index is 9.30. The summed E-state index contributed by atoms with van der Waals surface area (Å²) in [5.41, 5.74) is 0.501. The van der Waals surface area contributed by atoms with Crippen molar-refractivity contribution in [1.29, 1.82) is 5.26 Å². The van der Waals surface area contributed by atoms with Crippen molar-refractivity contribution in [3.8, 4) is 6.07 Å². The van der Waals surface area contributed by atoms with Crippen molar-refractivity contribution in [2.45, 2.75) is 32.9 Å². The molecule has 1 N–H and O–H groups in total. The Balaban J connectivity index is 3.09. The number of nitrogens with zero attached hydrogens (tertiary/aromatic N) is 4. The van der Waals surface area contributed by atoms with Gasteiger partial charge in [0.2, 0.25) is 0 Å². The number of anilines is 1. The standard InChI is InChI=1S/C11H15ClN4O/c1-8(2)16(5-3-4-13)11-9(6-17)10(12)14-7-15-11/h7-8,17H,3,5-6H2,1-2H3. The first-order chi connectivity index (χ1) is 8.11. The molecule has 0 spiro atoms. The van der Waals surface area contributed by atoms with Crippen molar-refractivity contribution in [3.05, 3.63) is 17.0 Å². The number of halogens is 1. The SMILES string of the molecule is CC(C)N(CCC#N)c1ncnc(Cl)c1CO. The molecule has 0 radical (unpaired) electrons. The molecule has 0 fully saturated rings. The Labute approximate surface area is 106 Å². The van der Waals surface area contributed by atoms with Gasteiger partial charge in [0.15, 0.2) is 0 Å². The number of hydrogen-bond acceptors (Lipinski definition) is 5. The van der Waals surface area contributed by atoms with Gasteiger partial charge in [-0.1, -0.05) is 11.6 Å². The maximum absolute atomic E-state index is 9.30. The molecule has 0 aliphatic carbocycles. The smallest absolute Gasteiger partial charge is 0.140 e. The lowest BCUT2D eigenvalue weighted by Gasteiger charge is -2.28. The summed E-state index contributed by atoms with van der Waals surface area (Å²) in [4.78, 5) is 9.91. The van der Waals surface area contributed by atoms with Crippen LogP contribution in [0.5, 0.6) is 0 Å². The lowest BCUT2D eigenvalue weighted by atomic mass is 10.2. The zero-order chi connectivity index (χ0) is 12.8. The molecule has 17 heavy (non-hydrogen) atoms. The zero-order valence-corrected chi connectivity index (χ0v) is 10.6. The molecule has 6 heteroatoms. The largest absolute Gasteiger partial charge is 0.391 e. The molecule has 0 saturated carbocycles. The van der Waals surface area contributed by atoms with E-state index in [2.05, 4.69) is 16.0 Å². The third-order valence-corrected chi connectivity index (χ3v) is 2.71. The lowest BCUT2D eigenvalue weighted by molar-refractivity contribution is 0.281. The first-order valence-corrected chi connectivity index (χ1v) is 5.73. The van der Waals surface area contributed by atoms with Crippen LogP contribution in [0.15, 0.2) is 6.33 Å². The minimum absolute atomic E-state index is 0.166. The summed E-state index contributed by atoms with van der Waals surface area (Å²) in [6, 6.07) is 2.26. The minimum atomic E-state index is -0.217. The fourth-order valence-corrected chi connectivity index (χ4v) is 1.73. The second-order valence-corrected chi connectivity index (χ2v) is 4.18. The first-order valence-electron chi connectivity index (χ1n) is 5.35. The van der Waals surface area contributed by atoms with Crippen molar-refractivity contribution in [2.75, 3.05) is 11.4 Å².